The lowest BCUT2D eigenvalue weighted by molar-refractivity contribution is 0.406. The van der Waals surface area contributed by atoms with Gasteiger partial charge in [-0.15, -0.1) is 0 Å². The van der Waals surface area contributed by atoms with Crippen LogP contribution in [0.1, 0.15) is 66.4 Å². The van der Waals surface area contributed by atoms with Crippen molar-refractivity contribution in [2.24, 2.45) is 5.41 Å². The summed E-state index contributed by atoms with van der Waals surface area (Å²) < 4.78 is 2.20. The van der Waals surface area contributed by atoms with Crippen LogP contribution in [0.15, 0.2) is 0 Å². The minimum Gasteiger partial charge on any atom is -0.384 e. The SMILES string of the molecule is CCCn1c(C(C)(C)C)nc(CC(C)(C)C)c1N. The van der Waals surface area contributed by atoms with E-state index in [9.17, 15) is 0 Å². The molecule has 0 spiro atoms. The first kappa shape index (κ1) is 15.1. The molecular weight excluding hydrogens is 222 g/mol. The average Bonchev–Trinajstić information content (AvgIpc) is 2.43. The summed E-state index contributed by atoms with van der Waals surface area (Å²) in [6, 6.07) is 0. The van der Waals surface area contributed by atoms with E-state index in [1.807, 2.05) is 0 Å². The maximum Gasteiger partial charge on any atom is 0.126 e. The number of nitrogens with zero attached hydrogens (tertiary/aromatic N) is 2. The Morgan fingerprint density at radius 1 is 1.11 bits per heavy atom. The normalized spacial score (nSPS) is 13.1. The van der Waals surface area contributed by atoms with Crippen molar-refractivity contribution in [2.75, 3.05) is 5.73 Å². The predicted molar refractivity (Wildman–Crippen MR) is 78.8 cm³/mol. The van der Waals surface area contributed by atoms with Gasteiger partial charge in [-0.2, -0.15) is 0 Å². The Hall–Kier alpha value is -0.990. The molecule has 2 N–H and O–H groups in total. The first-order valence-corrected chi connectivity index (χ1v) is 6.91. The van der Waals surface area contributed by atoms with Crippen molar-refractivity contribution in [3.8, 4) is 0 Å². The molecule has 0 amide bonds. The Morgan fingerprint density at radius 2 is 1.67 bits per heavy atom. The second kappa shape index (κ2) is 4.94. The van der Waals surface area contributed by atoms with E-state index >= 15 is 0 Å². The molecule has 0 fully saturated rings. The van der Waals surface area contributed by atoms with E-state index in [0.717, 1.165) is 36.7 Å². The molecule has 18 heavy (non-hydrogen) atoms. The average molecular weight is 251 g/mol. The third-order valence-corrected chi connectivity index (χ3v) is 2.90. The molecule has 0 aliphatic rings. The van der Waals surface area contributed by atoms with Crippen molar-refractivity contribution in [2.45, 2.75) is 73.3 Å². The Labute approximate surface area is 112 Å². The second-order valence-electron chi connectivity index (χ2n) is 7.41. The summed E-state index contributed by atoms with van der Waals surface area (Å²) in [5.41, 5.74) is 7.61. The first-order chi connectivity index (χ1) is 8.06. The molecule has 3 nitrogen and oxygen atoms in total. The van der Waals surface area contributed by atoms with Crippen molar-refractivity contribution in [3.63, 3.8) is 0 Å². The quantitative estimate of drug-likeness (QED) is 0.889. The van der Waals surface area contributed by atoms with Crippen molar-refractivity contribution >= 4 is 5.82 Å². The molecule has 0 aromatic carbocycles. The molecule has 0 atom stereocenters. The lowest BCUT2D eigenvalue weighted by atomic mass is 9.90. The molecule has 1 aromatic heterocycles. The fraction of sp³-hybridized carbons (Fsp3) is 0.800. The minimum absolute atomic E-state index is 0.0411. The molecular formula is C15H29N3. The summed E-state index contributed by atoms with van der Waals surface area (Å²) in [6.07, 6.45) is 2.01. The van der Waals surface area contributed by atoms with E-state index in [1.54, 1.807) is 0 Å². The summed E-state index contributed by atoms with van der Waals surface area (Å²) in [5, 5.41) is 0. The highest BCUT2D eigenvalue weighted by atomic mass is 15.1. The minimum atomic E-state index is 0.0411. The highest BCUT2D eigenvalue weighted by Gasteiger charge is 2.26. The molecule has 0 radical (unpaired) electrons. The Balaban J connectivity index is 3.23. The van der Waals surface area contributed by atoms with Crippen molar-refractivity contribution < 1.29 is 0 Å². The number of nitrogens with two attached hydrogens (primary N) is 1. The smallest absolute Gasteiger partial charge is 0.126 e. The zero-order valence-corrected chi connectivity index (χ0v) is 13.1. The summed E-state index contributed by atoms with van der Waals surface area (Å²) in [5.74, 6) is 1.97. The zero-order valence-electron chi connectivity index (χ0n) is 13.1. The van der Waals surface area contributed by atoms with Gasteiger partial charge in [0.1, 0.15) is 11.6 Å². The third kappa shape index (κ3) is 3.50. The molecule has 1 heterocycles. The highest BCUT2D eigenvalue weighted by molar-refractivity contribution is 5.40. The van der Waals surface area contributed by atoms with Gasteiger partial charge in [0.25, 0.3) is 0 Å². The van der Waals surface area contributed by atoms with Crippen LogP contribution in [0.3, 0.4) is 0 Å². The third-order valence-electron chi connectivity index (χ3n) is 2.90. The fourth-order valence-electron chi connectivity index (χ4n) is 2.17. The Kier molecular flexibility index (Phi) is 4.14. The van der Waals surface area contributed by atoms with Crippen LogP contribution in [0.4, 0.5) is 5.82 Å². The number of anilines is 1. The molecule has 0 bridgehead atoms. The van der Waals surface area contributed by atoms with E-state index in [2.05, 4.69) is 53.0 Å². The molecule has 0 saturated carbocycles. The number of imidazole rings is 1. The van der Waals surface area contributed by atoms with E-state index in [0.29, 0.717) is 0 Å². The second-order valence-corrected chi connectivity index (χ2v) is 7.41. The summed E-state index contributed by atoms with van der Waals surface area (Å²) in [6.45, 7) is 16.4. The van der Waals surface area contributed by atoms with Gasteiger partial charge in [0.05, 0.1) is 5.69 Å². The molecule has 104 valence electrons. The standard InChI is InChI=1S/C15H29N3/c1-8-9-18-12(16)11(10-14(2,3)4)17-13(18)15(5,6)7/h8-10,16H2,1-7H3. The number of rotatable bonds is 3. The van der Waals surface area contributed by atoms with Crippen molar-refractivity contribution in [1.29, 1.82) is 0 Å². The van der Waals surface area contributed by atoms with Crippen LogP contribution >= 0.6 is 0 Å². The summed E-state index contributed by atoms with van der Waals surface area (Å²) in [4.78, 5) is 4.82. The molecule has 1 rings (SSSR count). The van der Waals surface area contributed by atoms with Gasteiger partial charge in [-0.25, -0.2) is 4.98 Å². The van der Waals surface area contributed by atoms with Crippen LogP contribution in [-0.4, -0.2) is 9.55 Å². The monoisotopic (exact) mass is 251 g/mol. The van der Waals surface area contributed by atoms with Gasteiger partial charge in [0.2, 0.25) is 0 Å². The van der Waals surface area contributed by atoms with Crippen LogP contribution in [0.25, 0.3) is 0 Å². The molecule has 0 unspecified atom stereocenters. The van der Waals surface area contributed by atoms with E-state index < -0.39 is 0 Å². The molecule has 0 saturated heterocycles. The topological polar surface area (TPSA) is 43.8 Å². The van der Waals surface area contributed by atoms with E-state index in [4.69, 9.17) is 10.7 Å². The maximum absolute atomic E-state index is 6.29. The number of aromatic nitrogens is 2. The lowest BCUT2D eigenvalue weighted by Crippen LogP contribution is -2.19. The number of nitrogen functional groups attached to an aromatic ring is 1. The van der Waals surface area contributed by atoms with Crippen LogP contribution in [0.2, 0.25) is 0 Å². The number of hydrogen-bond acceptors (Lipinski definition) is 2. The fourth-order valence-corrected chi connectivity index (χ4v) is 2.17. The maximum atomic E-state index is 6.29. The van der Waals surface area contributed by atoms with E-state index in [1.165, 1.54) is 0 Å². The van der Waals surface area contributed by atoms with Gasteiger partial charge in [0, 0.05) is 12.0 Å². The van der Waals surface area contributed by atoms with Gasteiger partial charge in [-0.05, 0) is 18.3 Å². The number of hydrogen-bond donors (Lipinski definition) is 1. The van der Waals surface area contributed by atoms with Gasteiger partial charge < -0.3 is 10.3 Å². The molecule has 1 aromatic rings. The van der Waals surface area contributed by atoms with Gasteiger partial charge in [0.15, 0.2) is 0 Å². The molecule has 3 heteroatoms. The van der Waals surface area contributed by atoms with Crippen LogP contribution < -0.4 is 5.73 Å². The molecule has 0 aliphatic carbocycles. The Morgan fingerprint density at radius 3 is 2.06 bits per heavy atom. The summed E-state index contributed by atoms with van der Waals surface area (Å²) in [7, 11) is 0. The van der Waals surface area contributed by atoms with E-state index in [-0.39, 0.29) is 10.8 Å². The van der Waals surface area contributed by atoms with Crippen LogP contribution in [0, 0.1) is 5.41 Å². The largest absolute Gasteiger partial charge is 0.384 e. The highest BCUT2D eigenvalue weighted by Crippen LogP contribution is 2.30. The zero-order chi connectivity index (χ0) is 14.1. The Bertz CT molecular complexity index is 403. The van der Waals surface area contributed by atoms with Crippen molar-refractivity contribution in [1.82, 2.24) is 9.55 Å². The first-order valence-electron chi connectivity index (χ1n) is 6.91. The van der Waals surface area contributed by atoms with Gasteiger partial charge in [-0.3, -0.25) is 0 Å². The van der Waals surface area contributed by atoms with Gasteiger partial charge >= 0.3 is 0 Å². The van der Waals surface area contributed by atoms with Crippen molar-refractivity contribution in [3.05, 3.63) is 11.5 Å². The predicted octanol–water partition coefficient (Wildman–Crippen LogP) is 3.76. The summed E-state index contributed by atoms with van der Waals surface area (Å²) >= 11 is 0. The lowest BCUT2D eigenvalue weighted by Gasteiger charge is -2.19. The van der Waals surface area contributed by atoms with Crippen LogP contribution in [0.5, 0.6) is 0 Å². The van der Waals surface area contributed by atoms with Gasteiger partial charge in [-0.1, -0.05) is 48.5 Å². The van der Waals surface area contributed by atoms with Crippen LogP contribution in [-0.2, 0) is 18.4 Å². The molecule has 0 aliphatic heterocycles.